The summed E-state index contributed by atoms with van der Waals surface area (Å²) in [7, 11) is 0. The molecule has 0 aromatic heterocycles. The molecule has 3 heteroatoms. The molecule has 19 heavy (non-hydrogen) atoms. The zero-order valence-electron chi connectivity index (χ0n) is 11.4. The maximum absolute atomic E-state index is 9.38. The van der Waals surface area contributed by atoms with Gasteiger partial charge in [0.1, 0.15) is 11.9 Å². The molecule has 0 amide bonds. The number of fused-ring (bicyclic) bond motifs is 1. The lowest BCUT2D eigenvalue weighted by atomic mass is 9.81. The van der Waals surface area contributed by atoms with E-state index in [1.165, 1.54) is 30.4 Å². The largest absolute Gasteiger partial charge is 0.490 e. The van der Waals surface area contributed by atoms with Crippen molar-refractivity contribution in [3.63, 3.8) is 0 Å². The molecule has 2 aliphatic rings. The van der Waals surface area contributed by atoms with E-state index in [9.17, 15) is 5.11 Å². The molecule has 0 spiro atoms. The van der Waals surface area contributed by atoms with E-state index in [4.69, 9.17) is 10.5 Å². The third-order valence-electron chi connectivity index (χ3n) is 4.52. The average molecular weight is 261 g/mol. The van der Waals surface area contributed by atoms with Gasteiger partial charge in [-0.05, 0) is 61.8 Å². The van der Waals surface area contributed by atoms with Gasteiger partial charge in [0.05, 0.1) is 6.61 Å². The van der Waals surface area contributed by atoms with Crippen LogP contribution in [0.1, 0.15) is 43.2 Å². The van der Waals surface area contributed by atoms with Crippen LogP contribution in [-0.4, -0.2) is 23.4 Å². The summed E-state index contributed by atoms with van der Waals surface area (Å²) in [5, 5.41) is 9.38. The average Bonchev–Trinajstić information content (AvgIpc) is 2.86. The molecule has 0 bridgehead atoms. The van der Waals surface area contributed by atoms with Crippen LogP contribution >= 0.6 is 0 Å². The van der Waals surface area contributed by atoms with Crippen LogP contribution in [0.5, 0.6) is 5.75 Å². The van der Waals surface area contributed by atoms with Crippen molar-refractivity contribution in [3.05, 3.63) is 29.3 Å². The highest BCUT2D eigenvalue weighted by molar-refractivity contribution is 5.38. The molecular formula is C16H23NO2. The van der Waals surface area contributed by atoms with Crippen molar-refractivity contribution in [2.75, 3.05) is 6.61 Å². The van der Waals surface area contributed by atoms with Crippen LogP contribution in [0, 0.1) is 0 Å². The number of benzene rings is 1. The SMILES string of the molecule is NC1(CO)CCCC(Oc2ccc3c(c2)CCC3)C1. The van der Waals surface area contributed by atoms with Gasteiger partial charge in [0.15, 0.2) is 0 Å². The molecule has 104 valence electrons. The number of aryl methyl sites for hydroxylation is 2. The summed E-state index contributed by atoms with van der Waals surface area (Å²) in [5.74, 6) is 0.966. The van der Waals surface area contributed by atoms with Gasteiger partial charge >= 0.3 is 0 Å². The second kappa shape index (κ2) is 5.14. The molecular weight excluding hydrogens is 238 g/mol. The molecule has 2 aliphatic carbocycles. The summed E-state index contributed by atoms with van der Waals surface area (Å²) in [5.41, 5.74) is 8.63. The number of aliphatic hydroxyl groups is 1. The quantitative estimate of drug-likeness (QED) is 0.877. The molecule has 2 unspecified atom stereocenters. The molecule has 0 radical (unpaired) electrons. The van der Waals surface area contributed by atoms with E-state index in [-0.39, 0.29) is 12.7 Å². The number of hydrogen-bond acceptors (Lipinski definition) is 3. The maximum Gasteiger partial charge on any atom is 0.120 e. The molecule has 1 fully saturated rings. The third-order valence-corrected chi connectivity index (χ3v) is 4.52. The second-order valence-electron chi connectivity index (χ2n) is 6.14. The topological polar surface area (TPSA) is 55.5 Å². The minimum absolute atomic E-state index is 0.0526. The lowest BCUT2D eigenvalue weighted by Crippen LogP contribution is -2.50. The first kappa shape index (κ1) is 12.9. The van der Waals surface area contributed by atoms with Gasteiger partial charge in [0, 0.05) is 12.0 Å². The summed E-state index contributed by atoms with van der Waals surface area (Å²) < 4.78 is 6.09. The van der Waals surface area contributed by atoms with Crippen molar-refractivity contribution in [1.29, 1.82) is 0 Å². The van der Waals surface area contributed by atoms with E-state index < -0.39 is 5.54 Å². The van der Waals surface area contributed by atoms with Crippen LogP contribution in [0.3, 0.4) is 0 Å². The Morgan fingerprint density at radius 2 is 2.11 bits per heavy atom. The molecule has 3 rings (SSSR count). The summed E-state index contributed by atoms with van der Waals surface area (Å²) in [6.45, 7) is 0.0526. The Kier molecular flexibility index (Phi) is 3.50. The molecule has 0 saturated heterocycles. The standard InChI is InChI=1S/C16H23NO2/c17-16(11-18)8-2-5-15(10-16)19-14-7-6-12-3-1-4-13(12)9-14/h6-7,9,15,18H,1-5,8,10-11,17H2. The highest BCUT2D eigenvalue weighted by atomic mass is 16.5. The molecule has 1 aromatic rings. The summed E-state index contributed by atoms with van der Waals surface area (Å²) in [6, 6.07) is 6.46. The zero-order chi connectivity index (χ0) is 13.3. The van der Waals surface area contributed by atoms with Crippen molar-refractivity contribution in [3.8, 4) is 5.75 Å². The number of nitrogens with two attached hydrogens (primary N) is 1. The van der Waals surface area contributed by atoms with Gasteiger partial charge in [-0.15, -0.1) is 0 Å². The van der Waals surface area contributed by atoms with Crippen LogP contribution in [0.15, 0.2) is 18.2 Å². The molecule has 1 aromatic carbocycles. The third kappa shape index (κ3) is 2.77. The molecule has 3 nitrogen and oxygen atoms in total. The van der Waals surface area contributed by atoms with Gasteiger partial charge in [0.25, 0.3) is 0 Å². The van der Waals surface area contributed by atoms with Crippen molar-refractivity contribution >= 4 is 0 Å². The van der Waals surface area contributed by atoms with Crippen molar-refractivity contribution < 1.29 is 9.84 Å². The highest BCUT2D eigenvalue weighted by Gasteiger charge is 2.33. The van der Waals surface area contributed by atoms with Crippen LogP contribution in [-0.2, 0) is 12.8 Å². The number of ether oxygens (including phenoxy) is 1. The van der Waals surface area contributed by atoms with E-state index in [0.29, 0.717) is 0 Å². The number of hydrogen-bond donors (Lipinski definition) is 2. The summed E-state index contributed by atoms with van der Waals surface area (Å²) in [6.07, 6.45) is 7.50. The summed E-state index contributed by atoms with van der Waals surface area (Å²) >= 11 is 0. The van der Waals surface area contributed by atoms with E-state index in [1.54, 1.807) is 0 Å². The van der Waals surface area contributed by atoms with Gasteiger partial charge in [0.2, 0.25) is 0 Å². The Balaban J connectivity index is 1.68. The molecule has 0 aliphatic heterocycles. The number of rotatable bonds is 3. The van der Waals surface area contributed by atoms with E-state index in [2.05, 4.69) is 18.2 Å². The minimum atomic E-state index is -0.445. The molecule has 2 atom stereocenters. The van der Waals surface area contributed by atoms with Crippen molar-refractivity contribution in [2.45, 2.75) is 56.6 Å². The van der Waals surface area contributed by atoms with Crippen LogP contribution < -0.4 is 10.5 Å². The predicted molar refractivity (Wildman–Crippen MR) is 75.4 cm³/mol. The van der Waals surface area contributed by atoms with Gasteiger partial charge in [-0.2, -0.15) is 0 Å². The van der Waals surface area contributed by atoms with Gasteiger partial charge in [-0.25, -0.2) is 0 Å². The van der Waals surface area contributed by atoms with Crippen molar-refractivity contribution in [2.24, 2.45) is 5.73 Å². The lowest BCUT2D eigenvalue weighted by Gasteiger charge is -2.36. The fourth-order valence-corrected chi connectivity index (χ4v) is 3.40. The van der Waals surface area contributed by atoms with Crippen LogP contribution in [0.2, 0.25) is 0 Å². The Morgan fingerprint density at radius 1 is 1.26 bits per heavy atom. The van der Waals surface area contributed by atoms with Gasteiger partial charge in [-0.1, -0.05) is 6.07 Å². The minimum Gasteiger partial charge on any atom is -0.490 e. The normalized spacial score (nSPS) is 30.1. The van der Waals surface area contributed by atoms with Crippen molar-refractivity contribution in [1.82, 2.24) is 0 Å². The number of aliphatic hydroxyl groups excluding tert-OH is 1. The Bertz CT molecular complexity index is 460. The Hall–Kier alpha value is -1.06. The highest BCUT2D eigenvalue weighted by Crippen LogP contribution is 2.31. The first-order chi connectivity index (χ1) is 9.18. The monoisotopic (exact) mass is 261 g/mol. The smallest absolute Gasteiger partial charge is 0.120 e. The summed E-state index contributed by atoms with van der Waals surface area (Å²) in [4.78, 5) is 0. The molecule has 0 heterocycles. The first-order valence-corrected chi connectivity index (χ1v) is 7.37. The maximum atomic E-state index is 9.38. The van der Waals surface area contributed by atoms with E-state index in [0.717, 1.165) is 31.4 Å². The van der Waals surface area contributed by atoms with E-state index in [1.807, 2.05) is 0 Å². The zero-order valence-corrected chi connectivity index (χ0v) is 11.4. The van der Waals surface area contributed by atoms with Crippen LogP contribution in [0.4, 0.5) is 0 Å². The predicted octanol–water partition coefficient (Wildman–Crippen LogP) is 2.19. The fourth-order valence-electron chi connectivity index (χ4n) is 3.40. The Morgan fingerprint density at radius 3 is 2.95 bits per heavy atom. The molecule has 1 saturated carbocycles. The van der Waals surface area contributed by atoms with Gasteiger partial charge < -0.3 is 15.6 Å². The van der Waals surface area contributed by atoms with Gasteiger partial charge in [-0.3, -0.25) is 0 Å². The molecule has 3 N–H and O–H groups in total. The first-order valence-electron chi connectivity index (χ1n) is 7.37. The Labute approximate surface area is 114 Å². The van der Waals surface area contributed by atoms with E-state index >= 15 is 0 Å². The second-order valence-corrected chi connectivity index (χ2v) is 6.14. The lowest BCUT2D eigenvalue weighted by molar-refractivity contribution is 0.0728. The fraction of sp³-hybridized carbons (Fsp3) is 0.625. The van der Waals surface area contributed by atoms with Crippen LogP contribution in [0.25, 0.3) is 0 Å².